The molecule has 1 aromatic rings. The molecular weight excluding hydrogens is 340 g/mol. The van der Waals surface area contributed by atoms with Crippen LogP contribution in [0.3, 0.4) is 0 Å². The first-order valence-electron chi connectivity index (χ1n) is 9.10. The number of fused-ring (bicyclic) bond motifs is 1. The maximum absolute atomic E-state index is 12.7. The van der Waals surface area contributed by atoms with Gasteiger partial charge in [-0.15, -0.1) is 12.4 Å². The number of benzene rings is 1. The first kappa shape index (κ1) is 18.5. The van der Waals surface area contributed by atoms with E-state index in [-0.39, 0.29) is 30.5 Å². The van der Waals surface area contributed by atoms with Crippen LogP contribution in [-0.4, -0.2) is 49.3 Å². The van der Waals surface area contributed by atoms with Crippen LogP contribution in [-0.2, 0) is 4.74 Å². The molecule has 25 heavy (non-hydrogen) atoms. The van der Waals surface area contributed by atoms with Crippen molar-refractivity contribution in [2.24, 2.45) is 17.6 Å². The summed E-state index contributed by atoms with van der Waals surface area (Å²) in [5, 5.41) is 0. The van der Waals surface area contributed by atoms with Gasteiger partial charge in [0, 0.05) is 31.3 Å². The van der Waals surface area contributed by atoms with Gasteiger partial charge in [0.25, 0.3) is 5.91 Å². The number of amides is 1. The number of hydrogen-bond donors (Lipinski definition) is 1. The molecule has 1 amide bonds. The van der Waals surface area contributed by atoms with Crippen molar-refractivity contribution in [2.45, 2.75) is 37.8 Å². The summed E-state index contributed by atoms with van der Waals surface area (Å²) in [4.78, 5) is 14.7. The van der Waals surface area contributed by atoms with E-state index in [9.17, 15) is 4.79 Å². The van der Waals surface area contributed by atoms with Crippen LogP contribution in [0.2, 0.25) is 0 Å². The van der Waals surface area contributed by atoms with Crippen molar-refractivity contribution in [2.75, 3.05) is 26.3 Å². The third kappa shape index (κ3) is 3.94. The van der Waals surface area contributed by atoms with Crippen LogP contribution in [0.5, 0.6) is 5.75 Å². The molecule has 3 fully saturated rings. The molecule has 1 aliphatic carbocycles. The van der Waals surface area contributed by atoms with E-state index < -0.39 is 0 Å². The highest BCUT2D eigenvalue weighted by atomic mass is 35.5. The Kier molecular flexibility index (Phi) is 5.87. The zero-order valence-electron chi connectivity index (χ0n) is 14.4. The van der Waals surface area contributed by atoms with Crippen LogP contribution in [0, 0.1) is 11.8 Å². The Morgan fingerprint density at radius 3 is 2.68 bits per heavy atom. The second-order valence-electron chi connectivity index (χ2n) is 7.35. The maximum Gasteiger partial charge on any atom is 0.253 e. The molecule has 3 aliphatic rings. The van der Waals surface area contributed by atoms with Crippen LogP contribution in [0.1, 0.15) is 36.0 Å². The van der Waals surface area contributed by atoms with Crippen molar-refractivity contribution >= 4 is 18.3 Å². The minimum Gasteiger partial charge on any atom is -0.491 e. The zero-order chi connectivity index (χ0) is 16.5. The third-order valence-electron chi connectivity index (χ3n) is 5.76. The van der Waals surface area contributed by atoms with Crippen LogP contribution < -0.4 is 10.5 Å². The Balaban J connectivity index is 0.00000182. The van der Waals surface area contributed by atoms with E-state index in [1.165, 1.54) is 0 Å². The highest BCUT2D eigenvalue weighted by Gasteiger charge is 2.42. The zero-order valence-corrected chi connectivity index (χ0v) is 15.2. The molecule has 138 valence electrons. The monoisotopic (exact) mass is 366 g/mol. The molecular formula is C19H27ClN2O3. The molecule has 1 aromatic carbocycles. The quantitative estimate of drug-likeness (QED) is 0.889. The number of carbonyl (C=O) groups excluding carboxylic acids is 1. The highest BCUT2D eigenvalue weighted by molar-refractivity contribution is 5.94. The van der Waals surface area contributed by atoms with Crippen LogP contribution >= 0.6 is 12.4 Å². The van der Waals surface area contributed by atoms with Gasteiger partial charge in [0.1, 0.15) is 12.4 Å². The lowest BCUT2D eigenvalue weighted by Gasteiger charge is -2.19. The van der Waals surface area contributed by atoms with E-state index in [4.69, 9.17) is 15.2 Å². The standard InChI is InChI=1S/C19H26N2O3.ClH/c20-18-8-5-14-10-21(11-17(14)18)19(22)13-3-6-15(7-4-13)24-12-16-2-1-9-23-16;/h3-4,6-7,14,16-18H,1-2,5,8-12,20H2;1H. The van der Waals surface area contributed by atoms with Gasteiger partial charge < -0.3 is 20.1 Å². The second-order valence-corrected chi connectivity index (χ2v) is 7.35. The maximum atomic E-state index is 12.7. The summed E-state index contributed by atoms with van der Waals surface area (Å²) in [5.41, 5.74) is 6.89. The molecule has 4 atom stereocenters. The minimum atomic E-state index is 0. The first-order chi connectivity index (χ1) is 11.7. The van der Waals surface area contributed by atoms with Gasteiger partial charge in [-0.3, -0.25) is 4.79 Å². The minimum absolute atomic E-state index is 0. The summed E-state index contributed by atoms with van der Waals surface area (Å²) in [6.07, 6.45) is 4.65. The van der Waals surface area contributed by atoms with Crippen molar-refractivity contribution < 1.29 is 14.3 Å². The topological polar surface area (TPSA) is 64.8 Å². The molecule has 0 aromatic heterocycles. The smallest absolute Gasteiger partial charge is 0.253 e. The SMILES string of the molecule is Cl.NC1CCC2CN(C(=O)c3ccc(OCC4CCCO4)cc3)CC12. The van der Waals surface area contributed by atoms with Crippen LogP contribution in [0.25, 0.3) is 0 Å². The van der Waals surface area contributed by atoms with E-state index in [1.807, 2.05) is 29.2 Å². The Labute approximate surface area is 155 Å². The number of nitrogens with zero attached hydrogens (tertiary/aromatic N) is 1. The van der Waals surface area contributed by atoms with Gasteiger partial charge >= 0.3 is 0 Å². The normalized spacial score (nSPS) is 30.8. The number of hydrogen-bond acceptors (Lipinski definition) is 4. The number of rotatable bonds is 4. The Morgan fingerprint density at radius 2 is 2.00 bits per heavy atom. The molecule has 2 saturated heterocycles. The molecule has 2 heterocycles. The van der Waals surface area contributed by atoms with Crippen molar-refractivity contribution in [1.82, 2.24) is 4.90 Å². The summed E-state index contributed by atoms with van der Waals surface area (Å²) < 4.78 is 11.3. The Morgan fingerprint density at radius 1 is 1.20 bits per heavy atom. The van der Waals surface area contributed by atoms with Gasteiger partial charge in [-0.25, -0.2) is 0 Å². The number of nitrogens with two attached hydrogens (primary N) is 1. The molecule has 4 unspecified atom stereocenters. The molecule has 4 rings (SSSR count). The average Bonchev–Trinajstić information content (AvgIpc) is 3.32. The third-order valence-corrected chi connectivity index (χ3v) is 5.76. The lowest BCUT2D eigenvalue weighted by Crippen LogP contribution is -2.33. The van der Waals surface area contributed by atoms with Crippen molar-refractivity contribution in [1.29, 1.82) is 0 Å². The molecule has 0 spiro atoms. The fourth-order valence-electron chi connectivity index (χ4n) is 4.31. The Bertz CT molecular complexity index is 589. The summed E-state index contributed by atoms with van der Waals surface area (Å²) in [5.74, 6) is 1.99. The van der Waals surface area contributed by atoms with E-state index in [2.05, 4.69) is 0 Å². The van der Waals surface area contributed by atoms with E-state index in [1.54, 1.807) is 0 Å². The summed E-state index contributed by atoms with van der Waals surface area (Å²) >= 11 is 0. The fraction of sp³-hybridized carbons (Fsp3) is 0.632. The molecule has 2 aliphatic heterocycles. The van der Waals surface area contributed by atoms with E-state index >= 15 is 0 Å². The van der Waals surface area contributed by atoms with E-state index in [0.717, 1.165) is 56.7 Å². The average molecular weight is 367 g/mol. The summed E-state index contributed by atoms with van der Waals surface area (Å²) in [7, 11) is 0. The van der Waals surface area contributed by atoms with Crippen molar-refractivity contribution in [3.05, 3.63) is 29.8 Å². The van der Waals surface area contributed by atoms with Crippen molar-refractivity contribution in [3.63, 3.8) is 0 Å². The predicted octanol–water partition coefficient (Wildman–Crippen LogP) is 2.48. The van der Waals surface area contributed by atoms with Gasteiger partial charge in [-0.1, -0.05) is 0 Å². The lowest BCUT2D eigenvalue weighted by atomic mass is 9.98. The van der Waals surface area contributed by atoms with Gasteiger partial charge in [0.05, 0.1) is 6.10 Å². The number of ether oxygens (including phenoxy) is 2. The van der Waals surface area contributed by atoms with Gasteiger partial charge in [0.2, 0.25) is 0 Å². The van der Waals surface area contributed by atoms with Gasteiger partial charge in [0.15, 0.2) is 0 Å². The van der Waals surface area contributed by atoms with Gasteiger partial charge in [-0.05, 0) is 61.8 Å². The van der Waals surface area contributed by atoms with E-state index in [0.29, 0.717) is 18.4 Å². The van der Waals surface area contributed by atoms with Crippen molar-refractivity contribution in [3.8, 4) is 5.75 Å². The second kappa shape index (κ2) is 7.94. The molecule has 0 bridgehead atoms. The lowest BCUT2D eigenvalue weighted by molar-refractivity contribution is 0.0679. The predicted molar refractivity (Wildman–Crippen MR) is 98.3 cm³/mol. The summed E-state index contributed by atoms with van der Waals surface area (Å²) in [6, 6.07) is 7.75. The number of carbonyl (C=O) groups is 1. The first-order valence-corrected chi connectivity index (χ1v) is 9.10. The van der Waals surface area contributed by atoms with Crippen LogP contribution in [0.15, 0.2) is 24.3 Å². The molecule has 1 saturated carbocycles. The summed E-state index contributed by atoms with van der Waals surface area (Å²) in [6.45, 7) is 3.08. The fourth-order valence-corrected chi connectivity index (χ4v) is 4.31. The number of likely N-dealkylation sites (tertiary alicyclic amines) is 1. The Hall–Kier alpha value is -1.30. The van der Waals surface area contributed by atoms with Gasteiger partial charge in [-0.2, -0.15) is 0 Å². The van der Waals surface area contributed by atoms with Crippen LogP contribution in [0.4, 0.5) is 0 Å². The largest absolute Gasteiger partial charge is 0.491 e. The highest BCUT2D eigenvalue weighted by Crippen LogP contribution is 2.37. The molecule has 2 N–H and O–H groups in total. The molecule has 0 radical (unpaired) electrons. The molecule has 6 heteroatoms. The number of halogens is 1. The molecule has 5 nitrogen and oxygen atoms in total.